The van der Waals surface area contributed by atoms with Crippen LogP contribution in [0.25, 0.3) is 0 Å². The molecule has 0 radical (unpaired) electrons. The molecule has 0 aliphatic carbocycles. The van der Waals surface area contributed by atoms with Gasteiger partial charge in [0, 0.05) is 12.0 Å². The number of carbonyl (C=O) groups is 1. The van der Waals surface area contributed by atoms with Crippen molar-refractivity contribution in [2.45, 2.75) is 33.6 Å². The minimum atomic E-state index is 0.109. The van der Waals surface area contributed by atoms with Gasteiger partial charge in [-0.1, -0.05) is 61.3 Å². The van der Waals surface area contributed by atoms with Crippen LogP contribution < -0.4 is 0 Å². The molecule has 0 rings (SSSR count). The number of hydrogen-bond acceptors (Lipinski definition) is 1. The minimum Gasteiger partial charge on any atom is -0.294 e. The van der Waals surface area contributed by atoms with Crippen LogP contribution in [0.15, 0.2) is 72.4 Å². The number of carbonyl (C=O) groups excluding carboxylic acids is 1. The summed E-state index contributed by atoms with van der Waals surface area (Å²) in [6.45, 7) is 13.4. The molecule has 19 heavy (non-hydrogen) atoms. The molecule has 1 heteroatoms. The molecule has 0 fully saturated rings. The molecule has 0 bridgehead atoms. The molecule has 0 saturated heterocycles. The van der Waals surface area contributed by atoms with E-state index in [9.17, 15) is 4.79 Å². The standard InChI is InChI=1S/C18H24O/c1-6-9-10-17(8-3)18(19)14-13-16(7-2)12-11-15(4)5/h6-12H,2-3,13-14H2,1,4-5H3/b9-6-,16-12+,17-10+. The van der Waals surface area contributed by atoms with Crippen molar-refractivity contribution in [3.63, 3.8) is 0 Å². The smallest absolute Gasteiger partial charge is 0.163 e. The maximum atomic E-state index is 12.0. The van der Waals surface area contributed by atoms with E-state index in [-0.39, 0.29) is 5.78 Å². The van der Waals surface area contributed by atoms with Gasteiger partial charge < -0.3 is 0 Å². The molecular formula is C18H24O. The highest BCUT2D eigenvalue weighted by atomic mass is 16.1. The highest BCUT2D eigenvalue weighted by Crippen LogP contribution is 2.12. The summed E-state index contributed by atoms with van der Waals surface area (Å²) in [6, 6.07) is 0. The van der Waals surface area contributed by atoms with Crippen molar-refractivity contribution in [2.75, 3.05) is 0 Å². The van der Waals surface area contributed by atoms with Gasteiger partial charge in [-0.2, -0.15) is 0 Å². The van der Waals surface area contributed by atoms with E-state index in [0.29, 0.717) is 18.4 Å². The fraction of sp³-hybridized carbons (Fsp3) is 0.278. The molecule has 0 aliphatic heterocycles. The first-order chi connectivity index (χ1) is 9.04. The molecule has 0 aliphatic rings. The summed E-state index contributed by atoms with van der Waals surface area (Å²) < 4.78 is 0. The Morgan fingerprint density at radius 1 is 1.00 bits per heavy atom. The Kier molecular flexibility index (Phi) is 9.07. The first-order valence-corrected chi connectivity index (χ1v) is 6.50. The van der Waals surface area contributed by atoms with E-state index in [1.807, 2.05) is 45.1 Å². The van der Waals surface area contributed by atoms with Crippen LogP contribution in [0.4, 0.5) is 0 Å². The second-order valence-corrected chi connectivity index (χ2v) is 4.46. The van der Waals surface area contributed by atoms with Crippen LogP contribution in [-0.2, 0) is 4.79 Å². The molecule has 0 unspecified atom stereocenters. The number of ketones is 1. The van der Waals surface area contributed by atoms with E-state index >= 15 is 0 Å². The lowest BCUT2D eigenvalue weighted by Gasteiger charge is -2.02. The minimum absolute atomic E-state index is 0.109. The molecule has 0 aromatic rings. The molecule has 0 atom stereocenters. The topological polar surface area (TPSA) is 17.1 Å². The van der Waals surface area contributed by atoms with Crippen LogP contribution >= 0.6 is 0 Å². The van der Waals surface area contributed by atoms with E-state index in [4.69, 9.17) is 0 Å². The highest BCUT2D eigenvalue weighted by molar-refractivity contribution is 5.98. The molecule has 1 nitrogen and oxygen atoms in total. The molecule has 0 N–H and O–H groups in total. The molecule has 0 saturated carbocycles. The number of rotatable bonds is 8. The fourth-order valence-electron chi connectivity index (χ4n) is 1.40. The lowest BCUT2D eigenvalue weighted by atomic mass is 10.0. The van der Waals surface area contributed by atoms with Crippen molar-refractivity contribution in [2.24, 2.45) is 0 Å². The molecule has 0 spiro atoms. The van der Waals surface area contributed by atoms with Gasteiger partial charge in [0.2, 0.25) is 0 Å². The van der Waals surface area contributed by atoms with E-state index in [0.717, 1.165) is 5.57 Å². The van der Waals surface area contributed by atoms with Crippen LogP contribution in [-0.4, -0.2) is 5.78 Å². The number of Topliss-reactive ketones (excluding diaryl/α,β-unsaturated/α-hetero) is 1. The Morgan fingerprint density at radius 3 is 2.16 bits per heavy atom. The summed E-state index contributed by atoms with van der Waals surface area (Å²) in [4.78, 5) is 12.0. The van der Waals surface area contributed by atoms with E-state index in [1.165, 1.54) is 5.57 Å². The van der Waals surface area contributed by atoms with Crippen molar-refractivity contribution in [1.82, 2.24) is 0 Å². The van der Waals surface area contributed by atoms with Gasteiger partial charge in [-0.05, 0) is 32.8 Å². The van der Waals surface area contributed by atoms with Crippen molar-refractivity contribution in [1.29, 1.82) is 0 Å². The third-order valence-corrected chi connectivity index (χ3v) is 2.54. The molecule has 0 aromatic heterocycles. The molecule has 102 valence electrons. The quantitative estimate of drug-likeness (QED) is 0.436. The van der Waals surface area contributed by atoms with Crippen LogP contribution in [0, 0.1) is 0 Å². The lowest BCUT2D eigenvalue weighted by Crippen LogP contribution is -2.00. The number of allylic oxidation sites excluding steroid dienone is 10. The van der Waals surface area contributed by atoms with Crippen molar-refractivity contribution in [3.8, 4) is 0 Å². The Bertz CT molecular complexity index is 438. The van der Waals surface area contributed by atoms with Crippen LogP contribution in [0.1, 0.15) is 33.6 Å². The van der Waals surface area contributed by atoms with Crippen molar-refractivity contribution in [3.05, 3.63) is 72.4 Å². The Balaban J connectivity index is 4.65. The van der Waals surface area contributed by atoms with Gasteiger partial charge in [0.15, 0.2) is 5.78 Å². The van der Waals surface area contributed by atoms with Gasteiger partial charge in [-0.25, -0.2) is 0 Å². The zero-order valence-electron chi connectivity index (χ0n) is 12.3. The zero-order valence-corrected chi connectivity index (χ0v) is 12.3. The predicted octanol–water partition coefficient (Wildman–Crippen LogP) is 5.10. The predicted molar refractivity (Wildman–Crippen MR) is 85.0 cm³/mol. The largest absolute Gasteiger partial charge is 0.294 e. The molecule has 0 amide bonds. The van der Waals surface area contributed by atoms with Crippen molar-refractivity contribution >= 4 is 5.78 Å². The summed E-state index contributed by atoms with van der Waals surface area (Å²) >= 11 is 0. The van der Waals surface area contributed by atoms with Gasteiger partial charge >= 0.3 is 0 Å². The Hall–Kier alpha value is -1.89. The van der Waals surface area contributed by atoms with Crippen LogP contribution in [0.5, 0.6) is 0 Å². The lowest BCUT2D eigenvalue weighted by molar-refractivity contribution is -0.115. The summed E-state index contributed by atoms with van der Waals surface area (Å²) in [5.74, 6) is 0.109. The van der Waals surface area contributed by atoms with Gasteiger partial charge in [0.05, 0.1) is 0 Å². The monoisotopic (exact) mass is 256 g/mol. The second-order valence-electron chi connectivity index (χ2n) is 4.46. The maximum Gasteiger partial charge on any atom is 0.163 e. The first-order valence-electron chi connectivity index (χ1n) is 6.50. The van der Waals surface area contributed by atoms with Crippen molar-refractivity contribution < 1.29 is 4.79 Å². The average Bonchev–Trinajstić information content (AvgIpc) is 2.39. The molecule has 0 heterocycles. The molecular weight excluding hydrogens is 232 g/mol. The Morgan fingerprint density at radius 2 is 1.68 bits per heavy atom. The summed E-state index contributed by atoms with van der Waals surface area (Å²) in [6.07, 6.45) is 14.2. The van der Waals surface area contributed by atoms with E-state index in [2.05, 4.69) is 13.2 Å². The van der Waals surface area contributed by atoms with Crippen LogP contribution in [0.2, 0.25) is 0 Å². The SMILES string of the molecule is C=C/C(=C\C=C(C)C)CCC(=O)/C(C=C)=C/C=C\C. The van der Waals surface area contributed by atoms with Gasteiger partial charge in [0.25, 0.3) is 0 Å². The summed E-state index contributed by atoms with van der Waals surface area (Å²) in [5.41, 5.74) is 2.96. The fourth-order valence-corrected chi connectivity index (χ4v) is 1.40. The zero-order chi connectivity index (χ0) is 14.7. The second kappa shape index (κ2) is 10.1. The average molecular weight is 256 g/mol. The maximum absolute atomic E-state index is 12.0. The highest BCUT2D eigenvalue weighted by Gasteiger charge is 2.05. The van der Waals surface area contributed by atoms with Crippen LogP contribution in [0.3, 0.4) is 0 Å². The van der Waals surface area contributed by atoms with E-state index < -0.39 is 0 Å². The summed E-state index contributed by atoms with van der Waals surface area (Å²) in [5, 5.41) is 0. The molecule has 0 aromatic carbocycles. The normalized spacial score (nSPS) is 12.4. The Labute approximate surface area is 117 Å². The third-order valence-electron chi connectivity index (χ3n) is 2.54. The van der Waals surface area contributed by atoms with Gasteiger partial charge in [-0.15, -0.1) is 0 Å². The third kappa shape index (κ3) is 7.93. The number of hydrogen-bond donors (Lipinski definition) is 0. The summed E-state index contributed by atoms with van der Waals surface area (Å²) in [7, 11) is 0. The first kappa shape index (κ1) is 17.1. The van der Waals surface area contributed by atoms with Gasteiger partial charge in [0.1, 0.15) is 0 Å². The van der Waals surface area contributed by atoms with E-state index in [1.54, 1.807) is 18.2 Å². The van der Waals surface area contributed by atoms with Gasteiger partial charge in [-0.3, -0.25) is 4.79 Å².